The molecule has 0 bridgehead atoms. The van der Waals surface area contributed by atoms with Crippen LogP contribution < -0.4 is 10.1 Å². The number of hydrogen-bond donors (Lipinski definition) is 1. The Hall–Kier alpha value is -2.93. The first-order chi connectivity index (χ1) is 13.2. The summed E-state index contributed by atoms with van der Waals surface area (Å²) in [7, 11) is 1.86. The third kappa shape index (κ3) is 3.93. The molecule has 1 aliphatic rings. The minimum atomic E-state index is -0.245. The van der Waals surface area contributed by atoms with Crippen LogP contribution in [0.5, 0.6) is 5.88 Å². The number of nitrogens with one attached hydrogen (secondary N) is 1. The van der Waals surface area contributed by atoms with Gasteiger partial charge in [-0.1, -0.05) is 6.07 Å². The number of aryl methyl sites for hydroxylation is 1. The van der Waals surface area contributed by atoms with Gasteiger partial charge in [0.05, 0.1) is 24.1 Å². The topological polar surface area (TPSA) is 78.3 Å². The van der Waals surface area contributed by atoms with Crippen LogP contribution in [0.4, 0.5) is 5.69 Å². The van der Waals surface area contributed by atoms with E-state index in [0.29, 0.717) is 29.8 Å². The van der Waals surface area contributed by atoms with Crippen LogP contribution in [0.3, 0.4) is 0 Å². The molecule has 27 heavy (non-hydrogen) atoms. The van der Waals surface area contributed by atoms with Crippen molar-refractivity contribution in [2.75, 3.05) is 25.1 Å². The van der Waals surface area contributed by atoms with Crippen molar-refractivity contribution in [1.82, 2.24) is 14.8 Å². The second-order valence-electron chi connectivity index (χ2n) is 6.72. The molecule has 1 N–H and O–H groups in total. The lowest BCUT2D eigenvalue weighted by Gasteiger charge is -2.21. The quantitative estimate of drug-likeness (QED) is 0.751. The summed E-state index contributed by atoms with van der Waals surface area (Å²) in [5.41, 5.74) is 1.96. The maximum Gasteiger partial charge on any atom is 0.274 e. The van der Waals surface area contributed by atoms with Crippen LogP contribution in [0.25, 0.3) is 10.9 Å². The van der Waals surface area contributed by atoms with E-state index in [2.05, 4.69) is 15.4 Å². The number of nitrogens with zero attached hydrogens (tertiary/aromatic N) is 3. The Morgan fingerprint density at radius 1 is 1.37 bits per heavy atom. The average Bonchev–Trinajstić information content (AvgIpc) is 3.03. The predicted octanol–water partition coefficient (Wildman–Crippen LogP) is 3.03. The number of aromatic nitrogens is 3. The Morgan fingerprint density at radius 3 is 3.07 bits per heavy atom. The molecule has 0 aliphatic carbocycles. The summed E-state index contributed by atoms with van der Waals surface area (Å²) in [6, 6.07) is 10.9. The molecule has 4 rings (SSSR count). The highest BCUT2D eigenvalue weighted by Crippen LogP contribution is 2.28. The number of ether oxygens (including phenoxy) is 2. The van der Waals surface area contributed by atoms with Gasteiger partial charge in [-0.15, -0.1) is 5.10 Å². The highest BCUT2D eigenvalue weighted by atomic mass is 16.5. The summed E-state index contributed by atoms with van der Waals surface area (Å²) in [4.78, 5) is 16.4. The van der Waals surface area contributed by atoms with Crippen molar-refractivity contribution < 1.29 is 14.3 Å². The summed E-state index contributed by atoms with van der Waals surface area (Å²) in [5, 5.41) is 8.27. The maximum atomic E-state index is 12.3. The molecule has 3 aromatic rings. The normalized spacial score (nSPS) is 17.0. The van der Waals surface area contributed by atoms with Gasteiger partial charge in [-0.3, -0.25) is 14.5 Å². The van der Waals surface area contributed by atoms with Crippen molar-refractivity contribution >= 4 is 22.5 Å². The van der Waals surface area contributed by atoms with E-state index in [9.17, 15) is 4.79 Å². The molecule has 1 unspecified atom stereocenters. The minimum absolute atomic E-state index is 0.245. The van der Waals surface area contributed by atoms with Gasteiger partial charge < -0.3 is 14.8 Å². The smallest absolute Gasteiger partial charge is 0.274 e. The van der Waals surface area contributed by atoms with E-state index < -0.39 is 0 Å². The van der Waals surface area contributed by atoms with E-state index in [-0.39, 0.29) is 5.91 Å². The lowest BCUT2D eigenvalue weighted by atomic mass is 10.0. The minimum Gasteiger partial charge on any atom is -0.476 e. The third-order valence-corrected chi connectivity index (χ3v) is 4.68. The molecule has 7 nitrogen and oxygen atoms in total. The Kier molecular flexibility index (Phi) is 5.02. The van der Waals surface area contributed by atoms with Crippen molar-refractivity contribution in [3.8, 4) is 5.88 Å². The molecular weight excluding hydrogens is 344 g/mol. The Bertz CT molecular complexity index is 933. The molecule has 7 heteroatoms. The number of fused-ring (bicyclic) bond motifs is 1. The molecule has 0 saturated carbocycles. The van der Waals surface area contributed by atoms with Crippen LogP contribution in [0, 0.1) is 5.92 Å². The van der Waals surface area contributed by atoms with E-state index >= 15 is 0 Å². The molecule has 2 aromatic heterocycles. The Balaban J connectivity index is 1.49. The van der Waals surface area contributed by atoms with Crippen molar-refractivity contribution in [3.05, 3.63) is 48.3 Å². The van der Waals surface area contributed by atoms with Crippen LogP contribution in [0.2, 0.25) is 0 Å². The SMILES string of the molecule is Cn1nc(OCC2CCCOC2)c2ccc(NC(=O)c3ccccn3)cc21. The van der Waals surface area contributed by atoms with Gasteiger partial charge in [-0.25, -0.2) is 0 Å². The highest BCUT2D eigenvalue weighted by molar-refractivity contribution is 6.03. The monoisotopic (exact) mass is 366 g/mol. The number of rotatable bonds is 5. The number of pyridine rings is 1. The van der Waals surface area contributed by atoms with Crippen LogP contribution >= 0.6 is 0 Å². The van der Waals surface area contributed by atoms with E-state index in [1.54, 1.807) is 29.1 Å². The number of carbonyl (C=O) groups excluding carboxylic acids is 1. The maximum absolute atomic E-state index is 12.3. The molecule has 1 atom stereocenters. The molecule has 0 spiro atoms. The fourth-order valence-corrected chi connectivity index (χ4v) is 3.24. The number of hydrogen-bond acceptors (Lipinski definition) is 5. The van der Waals surface area contributed by atoms with E-state index in [4.69, 9.17) is 9.47 Å². The number of carbonyl (C=O) groups is 1. The summed E-state index contributed by atoms with van der Waals surface area (Å²) in [6.07, 6.45) is 3.80. The first kappa shape index (κ1) is 17.5. The average molecular weight is 366 g/mol. The fraction of sp³-hybridized carbons (Fsp3) is 0.350. The van der Waals surface area contributed by atoms with E-state index in [0.717, 1.165) is 37.0 Å². The number of amides is 1. The van der Waals surface area contributed by atoms with Crippen molar-refractivity contribution in [3.63, 3.8) is 0 Å². The molecule has 0 radical (unpaired) electrons. The molecule has 1 aromatic carbocycles. The van der Waals surface area contributed by atoms with Crippen LogP contribution in [0.1, 0.15) is 23.3 Å². The van der Waals surface area contributed by atoms with Crippen molar-refractivity contribution in [2.24, 2.45) is 13.0 Å². The molecule has 1 saturated heterocycles. The molecule has 1 amide bonds. The Labute approximate surface area is 157 Å². The van der Waals surface area contributed by atoms with Crippen molar-refractivity contribution in [2.45, 2.75) is 12.8 Å². The standard InChI is InChI=1S/C20H22N4O3/c1-24-18-11-15(22-19(25)17-6-2-3-9-21-17)7-8-16(18)20(23-24)27-13-14-5-4-10-26-12-14/h2-3,6-9,11,14H,4-5,10,12-13H2,1H3,(H,22,25). The van der Waals surface area contributed by atoms with Gasteiger partial charge in [-0.05, 0) is 43.2 Å². The zero-order valence-electron chi connectivity index (χ0n) is 15.2. The van der Waals surface area contributed by atoms with Gasteiger partial charge in [0.2, 0.25) is 5.88 Å². The summed E-state index contributed by atoms with van der Waals surface area (Å²) in [6.45, 7) is 2.19. The second kappa shape index (κ2) is 7.75. The third-order valence-electron chi connectivity index (χ3n) is 4.68. The fourth-order valence-electron chi connectivity index (χ4n) is 3.24. The van der Waals surface area contributed by atoms with Crippen LogP contribution in [-0.2, 0) is 11.8 Å². The molecular formula is C20H22N4O3. The van der Waals surface area contributed by atoms with E-state index in [1.165, 1.54) is 0 Å². The van der Waals surface area contributed by atoms with E-state index in [1.807, 2.05) is 25.2 Å². The van der Waals surface area contributed by atoms with Crippen molar-refractivity contribution in [1.29, 1.82) is 0 Å². The first-order valence-corrected chi connectivity index (χ1v) is 9.10. The molecule has 1 aliphatic heterocycles. The summed E-state index contributed by atoms with van der Waals surface area (Å²) in [5.74, 6) is 0.777. The zero-order chi connectivity index (χ0) is 18.6. The molecule has 140 valence electrons. The predicted molar refractivity (Wildman–Crippen MR) is 102 cm³/mol. The number of anilines is 1. The molecule has 3 heterocycles. The first-order valence-electron chi connectivity index (χ1n) is 9.10. The number of benzene rings is 1. The lowest BCUT2D eigenvalue weighted by Crippen LogP contribution is -2.23. The van der Waals surface area contributed by atoms with Gasteiger partial charge in [0, 0.05) is 31.5 Å². The second-order valence-corrected chi connectivity index (χ2v) is 6.72. The Morgan fingerprint density at radius 2 is 2.30 bits per heavy atom. The lowest BCUT2D eigenvalue weighted by molar-refractivity contribution is 0.0346. The molecule has 1 fully saturated rings. The van der Waals surface area contributed by atoms with Crippen LogP contribution in [-0.4, -0.2) is 40.5 Å². The highest BCUT2D eigenvalue weighted by Gasteiger charge is 2.17. The zero-order valence-corrected chi connectivity index (χ0v) is 15.2. The van der Waals surface area contributed by atoms with Gasteiger partial charge >= 0.3 is 0 Å². The van der Waals surface area contributed by atoms with Gasteiger partial charge in [-0.2, -0.15) is 0 Å². The largest absolute Gasteiger partial charge is 0.476 e. The van der Waals surface area contributed by atoms with Crippen LogP contribution in [0.15, 0.2) is 42.6 Å². The summed E-state index contributed by atoms with van der Waals surface area (Å²) < 4.78 is 13.2. The van der Waals surface area contributed by atoms with Gasteiger partial charge in [0.15, 0.2) is 0 Å². The van der Waals surface area contributed by atoms with Gasteiger partial charge in [0.1, 0.15) is 5.69 Å². The van der Waals surface area contributed by atoms with Gasteiger partial charge in [0.25, 0.3) is 5.91 Å². The summed E-state index contributed by atoms with van der Waals surface area (Å²) >= 11 is 0.